The molecule has 10 heteroatoms. The summed E-state index contributed by atoms with van der Waals surface area (Å²) in [5, 5.41) is 92.8. The van der Waals surface area contributed by atoms with Crippen LogP contribution in [0.1, 0.15) is 52.9 Å². The van der Waals surface area contributed by atoms with Crippen LogP contribution in [0.3, 0.4) is 0 Å². The van der Waals surface area contributed by atoms with Gasteiger partial charge in [-0.2, -0.15) is 0 Å². The Labute approximate surface area is 216 Å². The van der Waals surface area contributed by atoms with Crippen LogP contribution in [0.2, 0.25) is 0 Å². The highest BCUT2D eigenvalue weighted by molar-refractivity contribution is 5.34. The first-order valence-electron chi connectivity index (χ1n) is 14.2. The van der Waals surface area contributed by atoms with E-state index < -0.39 is 88.1 Å². The van der Waals surface area contributed by atoms with E-state index in [0.717, 1.165) is 19.4 Å². The maximum absolute atomic E-state index is 12.5. The number of hydrogen-bond acceptors (Lipinski definition) is 10. The number of ether oxygens (including phenoxy) is 1. The van der Waals surface area contributed by atoms with Crippen LogP contribution in [0, 0.1) is 40.9 Å². The highest BCUT2D eigenvalue weighted by Crippen LogP contribution is 2.76. The summed E-state index contributed by atoms with van der Waals surface area (Å²) in [7, 11) is 0. The van der Waals surface area contributed by atoms with Crippen molar-refractivity contribution in [2.45, 2.75) is 112 Å². The summed E-state index contributed by atoms with van der Waals surface area (Å²) in [5.41, 5.74) is -5.58. The van der Waals surface area contributed by atoms with Gasteiger partial charge in [0.2, 0.25) is 0 Å². The van der Waals surface area contributed by atoms with Gasteiger partial charge in [0.1, 0.15) is 17.8 Å². The van der Waals surface area contributed by atoms with Crippen LogP contribution in [-0.4, -0.2) is 118 Å². The fourth-order valence-corrected chi connectivity index (χ4v) is 11.4. The van der Waals surface area contributed by atoms with Crippen molar-refractivity contribution in [2.24, 2.45) is 40.9 Å². The second-order valence-electron chi connectivity index (χ2n) is 14.4. The third-order valence-corrected chi connectivity index (χ3v) is 12.9. The lowest BCUT2D eigenvalue weighted by molar-refractivity contribution is -0.296. The molecular formula is C27H43NO9. The van der Waals surface area contributed by atoms with E-state index in [-0.39, 0.29) is 18.9 Å². The van der Waals surface area contributed by atoms with Crippen molar-refractivity contribution < 1.29 is 45.6 Å². The molecule has 4 saturated carbocycles. The van der Waals surface area contributed by atoms with Crippen molar-refractivity contribution in [2.75, 3.05) is 13.1 Å². The molecule has 0 aromatic carbocycles. The van der Waals surface area contributed by atoms with Crippen LogP contribution in [0.5, 0.6) is 0 Å². The van der Waals surface area contributed by atoms with Crippen molar-refractivity contribution in [3.63, 3.8) is 0 Å². The molecule has 3 heterocycles. The van der Waals surface area contributed by atoms with Crippen molar-refractivity contribution in [1.29, 1.82) is 0 Å². The predicted octanol–water partition coefficient (Wildman–Crippen LogP) is -1.84. The van der Waals surface area contributed by atoms with E-state index in [1.807, 2.05) is 6.92 Å². The van der Waals surface area contributed by atoms with Crippen LogP contribution in [0.4, 0.5) is 0 Å². The SMILES string of the molecule is C[C@H]1CC[C@@H]2N(C1)C[C@@H]1[C@H]([C@@H](O)[C@H](O)[C@]3(O)[C@H]1C[C@@]14OC5(O)C(C(O)[C@@H](O)[C@@H]31)[C@]4(C)CC[C@@H]5O)[C@]2(C)O. The van der Waals surface area contributed by atoms with Gasteiger partial charge in [0.15, 0.2) is 5.79 Å². The number of hydrogen-bond donors (Lipinski definition) is 8. The minimum absolute atomic E-state index is 0.174. The van der Waals surface area contributed by atoms with E-state index >= 15 is 0 Å². The van der Waals surface area contributed by atoms with Gasteiger partial charge in [-0.05, 0) is 56.8 Å². The minimum Gasteiger partial charge on any atom is -0.390 e. The van der Waals surface area contributed by atoms with Crippen LogP contribution in [0.15, 0.2) is 0 Å². The Morgan fingerprint density at radius 3 is 2.22 bits per heavy atom. The molecule has 17 atom stereocenters. The summed E-state index contributed by atoms with van der Waals surface area (Å²) in [6.45, 7) is 7.08. The van der Waals surface area contributed by atoms with Crippen molar-refractivity contribution in [3.8, 4) is 0 Å². The van der Waals surface area contributed by atoms with Gasteiger partial charge < -0.3 is 45.6 Å². The molecule has 8 N–H and O–H groups in total. The number of fused-ring (bicyclic) bond motifs is 5. The van der Waals surface area contributed by atoms with Crippen molar-refractivity contribution in [3.05, 3.63) is 0 Å². The molecule has 3 unspecified atom stereocenters. The molecule has 10 nitrogen and oxygen atoms in total. The molecule has 7 rings (SSSR count). The first kappa shape index (κ1) is 25.6. The minimum atomic E-state index is -2.10. The fourth-order valence-electron chi connectivity index (χ4n) is 11.4. The molecule has 210 valence electrons. The van der Waals surface area contributed by atoms with E-state index in [2.05, 4.69) is 11.8 Å². The number of rotatable bonds is 0. The van der Waals surface area contributed by atoms with Gasteiger partial charge in [0.05, 0.1) is 35.4 Å². The quantitative estimate of drug-likeness (QED) is 0.179. The highest BCUT2D eigenvalue weighted by Gasteiger charge is 2.88. The molecule has 4 aliphatic carbocycles. The lowest BCUT2D eigenvalue weighted by Crippen LogP contribution is -2.77. The topological polar surface area (TPSA) is 174 Å². The zero-order valence-electron chi connectivity index (χ0n) is 21.8. The van der Waals surface area contributed by atoms with Gasteiger partial charge in [-0.15, -0.1) is 0 Å². The third-order valence-electron chi connectivity index (χ3n) is 12.9. The summed E-state index contributed by atoms with van der Waals surface area (Å²) in [6, 6.07) is -0.174. The monoisotopic (exact) mass is 525 g/mol. The number of aliphatic hydroxyl groups excluding tert-OH is 5. The van der Waals surface area contributed by atoms with Crippen LogP contribution in [-0.2, 0) is 4.74 Å². The lowest BCUT2D eigenvalue weighted by atomic mass is 9.48. The second kappa shape index (κ2) is 7.26. The second-order valence-corrected chi connectivity index (χ2v) is 14.4. The van der Waals surface area contributed by atoms with Crippen molar-refractivity contribution >= 4 is 0 Å². The summed E-state index contributed by atoms with van der Waals surface area (Å²) < 4.78 is 6.42. The molecule has 3 saturated heterocycles. The van der Waals surface area contributed by atoms with Gasteiger partial charge in [-0.3, -0.25) is 4.90 Å². The molecular weight excluding hydrogens is 482 g/mol. The van der Waals surface area contributed by atoms with Gasteiger partial charge in [0, 0.05) is 36.4 Å². The first-order chi connectivity index (χ1) is 17.2. The Balaban J connectivity index is 1.39. The summed E-state index contributed by atoms with van der Waals surface area (Å²) >= 11 is 0. The smallest absolute Gasteiger partial charge is 0.198 e. The first-order valence-corrected chi connectivity index (χ1v) is 14.2. The predicted molar refractivity (Wildman–Crippen MR) is 128 cm³/mol. The molecule has 0 aromatic heterocycles. The maximum Gasteiger partial charge on any atom is 0.198 e. The summed E-state index contributed by atoms with van der Waals surface area (Å²) in [5.74, 6) is -5.64. The lowest BCUT2D eigenvalue weighted by Gasteiger charge is -2.63. The van der Waals surface area contributed by atoms with E-state index in [9.17, 15) is 40.9 Å². The Morgan fingerprint density at radius 2 is 1.51 bits per heavy atom. The molecule has 4 bridgehead atoms. The molecule has 1 spiro atoms. The van der Waals surface area contributed by atoms with Gasteiger partial charge >= 0.3 is 0 Å². The largest absolute Gasteiger partial charge is 0.390 e. The summed E-state index contributed by atoms with van der Waals surface area (Å²) in [6.07, 6.45) is -4.91. The Bertz CT molecular complexity index is 997. The molecule has 37 heavy (non-hydrogen) atoms. The third kappa shape index (κ3) is 2.59. The average molecular weight is 526 g/mol. The number of nitrogens with zero attached hydrogens (tertiary/aromatic N) is 1. The van der Waals surface area contributed by atoms with E-state index in [1.54, 1.807) is 6.92 Å². The van der Waals surface area contributed by atoms with Crippen LogP contribution < -0.4 is 0 Å². The molecule has 3 aliphatic heterocycles. The molecule has 0 radical (unpaired) electrons. The zero-order chi connectivity index (χ0) is 26.7. The van der Waals surface area contributed by atoms with E-state index in [0.29, 0.717) is 18.9 Å². The Morgan fingerprint density at radius 1 is 0.838 bits per heavy atom. The Kier molecular flexibility index (Phi) is 5.02. The highest BCUT2D eigenvalue weighted by atomic mass is 16.7. The Hall–Kier alpha value is -0.400. The summed E-state index contributed by atoms with van der Waals surface area (Å²) in [4.78, 5) is 2.25. The number of piperidine rings is 2. The van der Waals surface area contributed by atoms with E-state index in [4.69, 9.17) is 4.74 Å². The fraction of sp³-hybridized carbons (Fsp3) is 1.00. The normalized spacial score (nSPS) is 68.5. The van der Waals surface area contributed by atoms with Gasteiger partial charge in [0.25, 0.3) is 0 Å². The van der Waals surface area contributed by atoms with Crippen LogP contribution >= 0.6 is 0 Å². The van der Waals surface area contributed by atoms with Gasteiger partial charge in [-0.1, -0.05) is 13.8 Å². The standard InChI is InChI=1S/C27H43NO9/c1-11-4-5-14-24(3,34)16-12(10-28(14)9-11)13-8-25-21(26(13,35)22(33)17(16)30)19(32)18(31)20-23(25,2)7-6-15(29)27(20,36)37-25/h11-22,29-36H,4-10H2,1-3H3/t11-,12-,13-,14-,15-,16+,17+,18?,19+,20?,21+,22-,23-,24+,25+,26-,27?/m0/s1. The average Bonchev–Trinajstić information content (AvgIpc) is 3.13. The zero-order valence-corrected chi connectivity index (χ0v) is 21.8. The molecule has 0 aromatic rings. The maximum atomic E-state index is 12.5. The van der Waals surface area contributed by atoms with Crippen molar-refractivity contribution in [1.82, 2.24) is 4.90 Å². The van der Waals surface area contributed by atoms with Crippen LogP contribution in [0.25, 0.3) is 0 Å². The number of aliphatic hydroxyl groups is 8. The van der Waals surface area contributed by atoms with Gasteiger partial charge in [-0.25, -0.2) is 0 Å². The molecule has 7 aliphatic rings. The molecule has 0 amide bonds. The van der Waals surface area contributed by atoms with E-state index in [1.165, 1.54) is 0 Å². The molecule has 7 fully saturated rings.